The number of benzene rings is 2. The normalized spacial score (nSPS) is 12.3. The Morgan fingerprint density at radius 1 is 1.04 bits per heavy atom. The molecule has 3 aromatic rings. The van der Waals surface area contributed by atoms with Crippen molar-refractivity contribution >= 4 is 0 Å². The van der Waals surface area contributed by atoms with Gasteiger partial charge in [0.05, 0.1) is 12.6 Å². The molecule has 27 heavy (non-hydrogen) atoms. The molecule has 0 radical (unpaired) electrons. The van der Waals surface area contributed by atoms with Crippen LogP contribution in [0.25, 0.3) is 0 Å². The first-order valence-electron chi connectivity index (χ1n) is 9.11. The lowest BCUT2D eigenvalue weighted by Gasteiger charge is -2.25. The maximum atomic E-state index is 14.0. The van der Waals surface area contributed by atoms with E-state index in [0.29, 0.717) is 31.7 Å². The Morgan fingerprint density at radius 2 is 1.78 bits per heavy atom. The van der Waals surface area contributed by atoms with Gasteiger partial charge in [-0.15, -0.1) is 6.58 Å². The Morgan fingerprint density at radius 3 is 2.52 bits per heavy atom. The highest BCUT2D eigenvalue weighted by atomic mass is 19.1. The van der Waals surface area contributed by atoms with Crippen LogP contribution in [0.4, 0.5) is 4.39 Å². The topological polar surface area (TPSA) is 28.4 Å². The van der Waals surface area contributed by atoms with Crippen molar-refractivity contribution in [1.29, 1.82) is 0 Å². The van der Waals surface area contributed by atoms with E-state index in [1.165, 1.54) is 6.07 Å². The minimum absolute atomic E-state index is 0.195. The second kappa shape index (κ2) is 9.31. The molecule has 1 N–H and O–H groups in total. The van der Waals surface area contributed by atoms with Gasteiger partial charge in [-0.25, -0.2) is 4.39 Å². The standard InChI is InChI=1S/C23H25FN2O/c1-2-14-25(18-23(27)19-9-4-3-5-10-19)17-21-12-8-15-26(21)16-20-11-6-7-13-22(20)24/h2-13,15,23,27H,1,14,16-18H2. The molecule has 1 heterocycles. The number of nitrogens with zero attached hydrogens (tertiary/aromatic N) is 2. The number of aromatic nitrogens is 1. The fraction of sp³-hybridized carbons (Fsp3) is 0.217. The molecule has 0 fully saturated rings. The molecule has 0 saturated carbocycles. The van der Waals surface area contributed by atoms with Crippen LogP contribution in [0.15, 0.2) is 85.6 Å². The van der Waals surface area contributed by atoms with Crippen LogP contribution < -0.4 is 0 Å². The number of halogens is 1. The van der Waals surface area contributed by atoms with Gasteiger partial charge in [-0.1, -0.05) is 54.6 Å². The zero-order valence-electron chi connectivity index (χ0n) is 15.3. The summed E-state index contributed by atoms with van der Waals surface area (Å²) < 4.78 is 16.0. The predicted octanol–water partition coefficient (Wildman–Crippen LogP) is 4.40. The molecule has 3 nitrogen and oxygen atoms in total. The number of rotatable bonds is 9. The molecule has 0 spiro atoms. The monoisotopic (exact) mass is 364 g/mol. The Balaban J connectivity index is 1.71. The molecule has 0 aliphatic rings. The van der Waals surface area contributed by atoms with E-state index in [-0.39, 0.29) is 5.82 Å². The van der Waals surface area contributed by atoms with Crippen molar-refractivity contribution in [1.82, 2.24) is 9.47 Å². The highest BCUT2D eigenvalue weighted by Gasteiger charge is 2.15. The average molecular weight is 364 g/mol. The quantitative estimate of drug-likeness (QED) is 0.570. The molecule has 3 rings (SSSR count). The maximum absolute atomic E-state index is 14.0. The van der Waals surface area contributed by atoms with Crippen molar-refractivity contribution < 1.29 is 9.50 Å². The van der Waals surface area contributed by atoms with E-state index in [2.05, 4.69) is 11.5 Å². The van der Waals surface area contributed by atoms with Crippen molar-refractivity contribution in [3.63, 3.8) is 0 Å². The van der Waals surface area contributed by atoms with Gasteiger partial charge in [-0.05, 0) is 23.8 Å². The van der Waals surface area contributed by atoms with Crippen molar-refractivity contribution in [2.45, 2.75) is 19.2 Å². The van der Waals surface area contributed by atoms with E-state index in [1.807, 2.05) is 65.4 Å². The van der Waals surface area contributed by atoms with E-state index in [1.54, 1.807) is 12.1 Å². The lowest BCUT2D eigenvalue weighted by molar-refractivity contribution is 0.115. The molecule has 140 valence electrons. The van der Waals surface area contributed by atoms with Gasteiger partial charge in [0.15, 0.2) is 0 Å². The van der Waals surface area contributed by atoms with Gasteiger partial charge >= 0.3 is 0 Å². The molecule has 0 bridgehead atoms. The van der Waals surface area contributed by atoms with Crippen molar-refractivity contribution in [2.24, 2.45) is 0 Å². The van der Waals surface area contributed by atoms with Crippen molar-refractivity contribution in [3.05, 3.63) is 108 Å². The Bertz CT molecular complexity index is 860. The molecule has 1 aromatic heterocycles. The zero-order chi connectivity index (χ0) is 19.1. The van der Waals surface area contributed by atoms with Gasteiger partial charge in [0.25, 0.3) is 0 Å². The molecule has 1 atom stereocenters. The Hall–Kier alpha value is -2.69. The van der Waals surface area contributed by atoms with Crippen LogP contribution in [0.1, 0.15) is 22.9 Å². The van der Waals surface area contributed by atoms with Crippen LogP contribution in [0.5, 0.6) is 0 Å². The highest BCUT2D eigenvalue weighted by molar-refractivity contribution is 5.20. The van der Waals surface area contributed by atoms with Gasteiger partial charge < -0.3 is 9.67 Å². The molecule has 1 unspecified atom stereocenters. The Kier molecular flexibility index (Phi) is 6.58. The first-order chi connectivity index (χ1) is 13.2. The SMILES string of the molecule is C=CCN(Cc1cccn1Cc1ccccc1F)CC(O)c1ccccc1. The first-order valence-corrected chi connectivity index (χ1v) is 9.11. The van der Waals surface area contributed by atoms with E-state index < -0.39 is 6.10 Å². The summed E-state index contributed by atoms with van der Waals surface area (Å²) in [6.07, 6.45) is 3.23. The average Bonchev–Trinajstić information content (AvgIpc) is 3.11. The first kappa shape index (κ1) is 19.1. The summed E-state index contributed by atoms with van der Waals surface area (Å²) in [6.45, 7) is 6.13. The lowest BCUT2D eigenvalue weighted by atomic mass is 10.1. The third-order valence-corrected chi connectivity index (χ3v) is 4.61. The largest absolute Gasteiger partial charge is 0.387 e. The van der Waals surface area contributed by atoms with E-state index in [4.69, 9.17) is 0 Å². The fourth-order valence-electron chi connectivity index (χ4n) is 3.20. The molecule has 0 aliphatic heterocycles. The number of aliphatic hydroxyl groups excluding tert-OH is 1. The van der Waals surface area contributed by atoms with Crippen LogP contribution in [-0.4, -0.2) is 27.7 Å². The van der Waals surface area contributed by atoms with Crippen LogP contribution in [0.2, 0.25) is 0 Å². The summed E-state index contributed by atoms with van der Waals surface area (Å²) in [5, 5.41) is 10.6. The van der Waals surface area contributed by atoms with Gasteiger partial charge in [0.1, 0.15) is 5.82 Å². The number of hydrogen-bond donors (Lipinski definition) is 1. The van der Waals surface area contributed by atoms with Crippen LogP contribution in [0.3, 0.4) is 0 Å². The van der Waals surface area contributed by atoms with Gasteiger partial charge in [0, 0.05) is 37.1 Å². The second-order valence-corrected chi connectivity index (χ2v) is 6.63. The summed E-state index contributed by atoms with van der Waals surface area (Å²) >= 11 is 0. The molecule has 2 aromatic carbocycles. The van der Waals surface area contributed by atoms with Gasteiger partial charge in [-0.3, -0.25) is 4.90 Å². The van der Waals surface area contributed by atoms with Crippen molar-refractivity contribution in [2.75, 3.05) is 13.1 Å². The van der Waals surface area contributed by atoms with Crippen LogP contribution in [0, 0.1) is 5.82 Å². The highest BCUT2D eigenvalue weighted by Crippen LogP contribution is 2.17. The van der Waals surface area contributed by atoms with Crippen LogP contribution in [-0.2, 0) is 13.1 Å². The number of hydrogen-bond acceptors (Lipinski definition) is 2. The Labute approximate surface area is 160 Å². The van der Waals surface area contributed by atoms with Gasteiger partial charge in [-0.2, -0.15) is 0 Å². The zero-order valence-corrected chi connectivity index (χ0v) is 15.3. The summed E-state index contributed by atoms with van der Waals surface area (Å²) in [5.41, 5.74) is 2.63. The molecule has 0 amide bonds. The summed E-state index contributed by atoms with van der Waals surface area (Å²) in [4.78, 5) is 2.14. The van der Waals surface area contributed by atoms with E-state index >= 15 is 0 Å². The number of aliphatic hydroxyl groups is 1. The van der Waals surface area contributed by atoms with Crippen molar-refractivity contribution in [3.8, 4) is 0 Å². The minimum atomic E-state index is -0.568. The molecule has 4 heteroatoms. The molecular weight excluding hydrogens is 339 g/mol. The van der Waals surface area contributed by atoms with Crippen LogP contribution >= 0.6 is 0 Å². The smallest absolute Gasteiger partial charge is 0.128 e. The second-order valence-electron chi connectivity index (χ2n) is 6.63. The summed E-state index contributed by atoms with van der Waals surface area (Å²) in [5.74, 6) is -0.195. The maximum Gasteiger partial charge on any atom is 0.128 e. The van der Waals surface area contributed by atoms with Gasteiger partial charge in [0.2, 0.25) is 0 Å². The summed E-state index contributed by atoms with van der Waals surface area (Å²) in [7, 11) is 0. The lowest BCUT2D eigenvalue weighted by Crippen LogP contribution is -2.29. The predicted molar refractivity (Wildman–Crippen MR) is 107 cm³/mol. The summed E-state index contributed by atoms with van der Waals surface area (Å²) in [6, 6.07) is 20.5. The third-order valence-electron chi connectivity index (χ3n) is 4.61. The van der Waals surface area contributed by atoms with E-state index in [0.717, 1.165) is 11.3 Å². The third kappa shape index (κ3) is 5.16. The molecule has 0 aliphatic carbocycles. The van der Waals surface area contributed by atoms with E-state index in [9.17, 15) is 9.50 Å². The fourth-order valence-corrected chi connectivity index (χ4v) is 3.20. The minimum Gasteiger partial charge on any atom is -0.387 e. The molecule has 0 saturated heterocycles. The molecular formula is C23H25FN2O.